The van der Waals surface area contributed by atoms with Crippen LogP contribution >= 0.6 is 0 Å². The molecule has 2 rings (SSSR count). The van der Waals surface area contributed by atoms with Crippen molar-refractivity contribution in [2.24, 2.45) is 0 Å². The average molecular weight is 200 g/mol. The van der Waals surface area contributed by atoms with Crippen LogP contribution in [0.1, 0.15) is 21.9 Å². The second-order valence-electron chi connectivity index (χ2n) is 3.49. The molecule has 3 heteroatoms. The van der Waals surface area contributed by atoms with Crippen molar-refractivity contribution in [3.8, 4) is 5.82 Å². The molecule has 0 spiro atoms. The Morgan fingerprint density at radius 1 is 1.20 bits per heavy atom. The maximum atomic E-state index is 10.9. The smallest absolute Gasteiger partial charge is 0.166 e. The lowest BCUT2D eigenvalue weighted by Crippen LogP contribution is -2.03. The molecular formula is C12H12N2O. The molecule has 0 amide bonds. The molecule has 0 saturated carbocycles. The van der Waals surface area contributed by atoms with E-state index in [1.165, 1.54) is 0 Å². The fraction of sp³-hybridized carbons (Fsp3) is 0.167. The quantitative estimate of drug-likeness (QED) is 0.697. The normalized spacial score (nSPS) is 10.3. The largest absolute Gasteiger partial charge is 0.296 e. The predicted molar refractivity (Wildman–Crippen MR) is 58.4 cm³/mol. The molecule has 3 nitrogen and oxygen atoms in total. The summed E-state index contributed by atoms with van der Waals surface area (Å²) in [4.78, 5) is 15.2. The topological polar surface area (TPSA) is 34.9 Å². The number of aryl methyl sites for hydroxylation is 2. The molecule has 0 atom stereocenters. The molecule has 0 radical (unpaired) electrons. The molecule has 0 unspecified atom stereocenters. The molecule has 0 aliphatic heterocycles. The minimum Gasteiger partial charge on any atom is -0.296 e. The highest BCUT2D eigenvalue weighted by atomic mass is 16.1. The third kappa shape index (κ3) is 1.68. The number of rotatable bonds is 2. The van der Waals surface area contributed by atoms with Crippen LogP contribution < -0.4 is 0 Å². The molecule has 2 aromatic heterocycles. The fourth-order valence-corrected chi connectivity index (χ4v) is 1.62. The van der Waals surface area contributed by atoms with Crippen LogP contribution in [0.4, 0.5) is 0 Å². The highest BCUT2D eigenvalue weighted by Crippen LogP contribution is 2.13. The van der Waals surface area contributed by atoms with E-state index in [4.69, 9.17) is 0 Å². The Balaban J connectivity index is 2.62. The van der Waals surface area contributed by atoms with Crippen molar-refractivity contribution >= 4 is 6.29 Å². The highest BCUT2D eigenvalue weighted by Gasteiger charge is 2.06. The van der Waals surface area contributed by atoms with E-state index in [9.17, 15) is 4.79 Å². The van der Waals surface area contributed by atoms with E-state index >= 15 is 0 Å². The number of aromatic nitrogens is 2. The molecule has 0 fully saturated rings. The van der Waals surface area contributed by atoms with Crippen LogP contribution in [0, 0.1) is 13.8 Å². The van der Waals surface area contributed by atoms with E-state index in [1.54, 1.807) is 6.07 Å². The van der Waals surface area contributed by atoms with Gasteiger partial charge in [0.25, 0.3) is 0 Å². The number of carbonyl (C=O) groups is 1. The van der Waals surface area contributed by atoms with E-state index in [0.29, 0.717) is 5.69 Å². The molecule has 2 heterocycles. The van der Waals surface area contributed by atoms with Gasteiger partial charge >= 0.3 is 0 Å². The van der Waals surface area contributed by atoms with Gasteiger partial charge in [0, 0.05) is 11.4 Å². The molecule has 15 heavy (non-hydrogen) atoms. The zero-order valence-electron chi connectivity index (χ0n) is 8.77. The van der Waals surface area contributed by atoms with Crippen molar-refractivity contribution in [1.29, 1.82) is 0 Å². The van der Waals surface area contributed by atoms with Crippen molar-refractivity contribution in [2.75, 3.05) is 0 Å². The number of hydrogen-bond acceptors (Lipinski definition) is 2. The summed E-state index contributed by atoms with van der Waals surface area (Å²) in [5.41, 5.74) is 2.58. The Hall–Kier alpha value is -1.90. The lowest BCUT2D eigenvalue weighted by Gasteiger charge is -2.07. The van der Waals surface area contributed by atoms with Gasteiger partial charge in [-0.25, -0.2) is 4.98 Å². The van der Waals surface area contributed by atoms with Gasteiger partial charge in [0.15, 0.2) is 6.29 Å². The summed E-state index contributed by atoms with van der Waals surface area (Å²) < 4.78 is 1.85. The maximum absolute atomic E-state index is 10.9. The monoisotopic (exact) mass is 200 g/mol. The third-order valence-corrected chi connectivity index (χ3v) is 2.33. The molecule has 2 aromatic rings. The molecule has 0 aromatic carbocycles. The minimum absolute atomic E-state index is 0.630. The SMILES string of the molecule is Cc1cccc(-n2c(C)ccc2C=O)n1. The van der Waals surface area contributed by atoms with Gasteiger partial charge in [-0.1, -0.05) is 6.07 Å². The highest BCUT2D eigenvalue weighted by molar-refractivity contribution is 5.74. The van der Waals surface area contributed by atoms with E-state index < -0.39 is 0 Å². The second kappa shape index (κ2) is 3.69. The summed E-state index contributed by atoms with van der Waals surface area (Å²) in [6.07, 6.45) is 0.844. The standard InChI is InChI=1S/C12H12N2O/c1-9-4-3-5-12(13-9)14-10(2)6-7-11(14)8-15/h3-8H,1-2H3. The minimum atomic E-state index is 0.630. The maximum Gasteiger partial charge on any atom is 0.166 e. The summed E-state index contributed by atoms with van der Waals surface area (Å²) in [5.74, 6) is 0.791. The predicted octanol–water partition coefficient (Wildman–Crippen LogP) is 2.30. The lowest BCUT2D eigenvalue weighted by atomic mass is 10.3. The van der Waals surface area contributed by atoms with Crippen LogP contribution in [0.15, 0.2) is 30.3 Å². The van der Waals surface area contributed by atoms with Crippen LogP contribution in [-0.2, 0) is 0 Å². The van der Waals surface area contributed by atoms with Crippen molar-refractivity contribution in [3.05, 3.63) is 47.4 Å². The zero-order chi connectivity index (χ0) is 10.8. The Kier molecular flexibility index (Phi) is 2.37. The molecule has 0 saturated heterocycles. The van der Waals surface area contributed by atoms with Crippen LogP contribution in [-0.4, -0.2) is 15.8 Å². The zero-order valence-corrected chi connectivity index (χ0v) is 8.77. The van der Waals surface area contributed by atoms with Gasteiger partial charge in [0.2, 0.25) is 0 Å². The van der Waals surface area contributed by atoms with Gasteiger partial charge in [-0.15, -0.1) is 0 Å². The van der Waals surface area contributed by atoms with Crippen LogP contribution in [0.3, 0.4) is 0 Å². The lowest BCUT2D eigenvalue weighted by molar-refractivity contribution is 0.111. The Morgan fingerprint density at radius 2 is 2.00 bits per heavy atom. The van der Waals surface area contributed by atoms with Gasteiger partial charge in [-0.3, -0.25) is 9.36 Å². The van der Waals surface area contributed by atoms with Crippen LogP contribution in [0.25, 0.3) is 5.82 Å². The number of aldehydes is 1. The summed E-state index contributed by atoms with van der Waals surface area (Å²) in [6.45, 7) is 3.89. The Labute approximate surface area is 88.4 Å². The summed E-state index contributed by atoms with van der Waals surface area (Å²) in [6, 6.07) is 9.47. The van der Waals surface area contributed by atoms with E-state index in [2.05, 4.69) is 4.98 Å². The molecule has 76 valence electrons. The first-order valence-corrected chi connectivity index (χ1v) is 4.80. The van der Waals surface area contributed by atoms with Gasteiger partial charge in [-0.2, -0.15) is 0 Å². The third-order valence-electron chi connectivity index (χ3n) is 2.33. The van der Waals surface area contributed by atoms with E-state index in [-0.39, 0.29) is 0 Å². The van der Waals surface area contributed by atoms with E-state index in [1.807, 2.05) is 42.7 Å². The summed E-state index contributed by atoms with van der Waals surface area (Å²) >= 11 is 0. The second-order valence-corrected chi connectivity index (χ2v) is 3.49. The van der Waals surface area contributed by atoms with Crippen LogP contribution in [0.2, 0.25) is 0 Å². The molecule has 0 bridgehead atoms. The molecule has 0 aliphatic rings. The van der Waals surface area contributed by atoms with Crippen molar-refractivity contribution in [3.63, 3.8) is 0 Å². The fourth-order valence-electron chi connectivity index (χ4n) is 1.62. The van der Waals surface area contributed by atoms with E-state index in [0.717, 1.165) is 23.5 Å². The summed E-state index contributed by atoms with van der Waals surface area (Å²) in [5, 5.41) is 0. The Morgan fingerprint density at radius 3 is 2.67 bits per heavy atom. The van der Waals surface area contributed by atoms with Crippen LogP contribution in [0.5, 0.6) is 0 Å². The van der Waals surface area contributed by atoms with Crippen molar-refractivity contribution in [2.45, 2.75) is 13.8 Å². The number of carbonyl (C=O) groups excluding carboxylic acids is 1. The molecular weight excluding hydrogens is 188 g/mol. The first-order valence-electron chi connectivity index (χ1n) is 4.80. The Bertz CT molecular complexity index is 500. The summed E-state index contributed by atoms with van der Waals surface area (Å²) in [7, 11) is 0. The van der Waals surface area contributed by atoms with Crippen molar-refractivity contribution < 1.29 is 4.79 Å². The number of hydrogen-bond donors (Lipinski definition) is 0. The first kappa shape index (κ1) is 9.65. The molecule has 0 N–H and O–H groups in total. The van der Waals surface area contributed by atoms with Crippen molar-refractivity contribution in [1.82, 2.24) is 9.55 Å². The molecule has 0 aliphatic carbocycles. The van der Waals surface area contributed by atoms with Gasteiger partial charge in [0.1, 0.15) is 5.82 Å². The van der Waals surface area contributed by atoms with Gasteiger partial charge in [-0.05, 0) is 38.1 Å². The number of pyridine rings is 1. The average Bonchev–Trinajstić information content (AvgIpc) is 2.59. The van der Waals surface area contributed by atoms with Gasteiger partial charge in [0.05, 0.1) is 5.69 Å². The first-order chi connectivity index (χ1) is 7.22. The number of nitrogens with zero attached hydrogens (tertiary/aromatic N) is 2. The van der Waals surface area contributed by atoms with Gasteiger partial charge < -0.3 is 0 Å².